The Bertz CT molecular complexity index is 587. The van der Waals surface area contributed by atoms with Crippen LogP contribution >= 0.6 is 11.6 Å². The zero-order valence-corrected chi connectivity index (χ0v) is 13.1. The van der Waals surface area contributed by atoms with Crippen molar-refractivity contribution in [3.8, 4) is 11.5 Å². The van der Waals surface area contributed by atoms with E-state index in [1.807, 2.05) is 30.3 Å². The van der Waals surface area contributed by atoms with Crippen LogP contribution in [-0.2, 0) is 13.2 Å². The first-order valence-corrected chi connectivity index (χ1v) is 7.36. The monoisotopic (exact) mass is 305 g/mol. The first-order chi connectivity index (χ1) is 10.2. The van der Waals surface area contributed by atoms with E-state index >= 15 is 0 Å². The molecule has 0 aromatic heterocycles. The van der Waals surface area contributed by atoms with Crippen LogP contribution in [0, 0.1) is 0 Å². The maximum Gasteiger partial charge on any atom is 0.138 e. The zero-order chi connectivity index (χ0) is 15.1. The van der Waals surface area contributed by atoms with Gasteiger partial charge in [-0.05, 0) is 36.4 Å². The fourth-order valence-corrected chi connectivity index (χ4v) is 2.23. The number of ether oxygens (including phenoxy) is 2. The Labute approximate surface area is 130 Å². The minimum atomic E-state index is 0.423. The van der Waals surface area contributed by atoms with E-state index in [0.717, 1.165) is 24.4 Å². The fourth-order valence-electron chi connectivity index (χ4n) is 2.04. The van der Waals surface area contributed by atoms with Crippen LogP contribution in [0.25, 0.3) is 0 Å². The van der Waals surface area contributed by atoms with Gasteiger partial charge < -0.3 is 14.8 Å². The second-order valence-electron chi connectivity index (χ2n) is 4.65. The SMILES string of the molecule is CCNCc1ccc(OC)c(COc2ccccc2Cl)c1. The molecule has 0 aliphatic heterocycles. The van der Waals surface area contributed by atoms with Gasteiger partial charge in [0.1, 0.15) is 18.1 Å². The third-order valence-corrected chi connectivity index (χ3v) is 3.46. The molecule has 112 valence electrons. The maximum absolute atomic E-state index is 6.10. The van der Waals surface area contributed by atoms with Crippen molar-refractivity contribution in [3.63, 3.8) is 0 Å². The maximum atomic E-state index is 6.10. The minimum Gasteiger partial charge on any atom is -0.496 e. The second-order valence-corrected chi connectivity index (χ2v) is 5.05. The lowest BCUT2D eigenvalue weighted by Crippen LogP contribution is -2.12. The highest BCUT2D eigenvalue weighted by Gasteiger charge is 2.07. The molecule has 0 spiro atoms. The molecule has 2 aromatic rings. The number of hydrogen-bond acceptors (Lipinski definition) is 3. The van der Waals surface area contributed by atoms with Crippen molar-refractivity contribution in [2.24, 2.45) is 0 Å². The van der Waals surface area contributed by atoms with E-state index in [2.05, 4.69) is 24.4 Å². The van der Waals surface area contributed by atoms with Gasteiger partial charge in [0.2, 0.25) is 0 Å². The van der Waals surface area contributed by atoms with Crippen LogP contribution in [0.1, 0.15) is 18.1 Å². The Morgan fingerprint density at radius 3 is 2.62 bits per heavy atom. The molecule has 0 bridgehead atoms. The lowest BCUT2D eigenvalue weighted by Gasteiger charge is -2.13. The van der Waals surface area contributed by atoms with Crippen molar-refractivity contribution in [2.75, 3.05) is 13.7 Å². The number of para-hydroxylation sites is 1. The van der Waals surface area contributed by atoms with E-state index < -0.39 is 0 Å². The minimum absolute atomic E-state index is 0.423. The molecule has 1 N–H and O–H groups in total. The van der Waals surface area contributed by atoms with E-state index in [0.29, 0.717) is 17.4 Å². The third kappa shape index (κ3) is 4.38. The van der Waals surface area contributed by atoms with Crippen molar-refractivity contribution in [3.05, 3.63) is 58.6 Å². The summed E-state index contributed by atoms with van der Waals surface area (Å²) in [5, 5.41) is 3.92. The van der Waals surface area contributed by atoms with Gasteiger partial charge in [0.15, 0.2) is 0 Å². The van der Waals surface area contributed by atoms with Gasteiger partial charge in [0.25, 0.3) is 0 Å². The Morgan fingerprint density at radius 1 is 1.10 bits per heavy atom. The molecule has 0 aliphatic rings. The van der Waals surface area contributed by atoms with Crippen molar-refractivity contribution in [1.82, 2.24) is 5.32 Å². The van der Waals surface area contributed by atoms with Gasteiger partial charge in [-0.3, -0.25) is 0 Å². The predicted octanol–water partition coefficient (Wildman–Crippen LogP) is 4.04. The summed E-state index contributed by atoms with van der Waals surface area (Å²) in [5.41, 5.74) is 2.21. The molecule has 21 heavy (non-hydrogen) atoms. The van der Waals surface area contributed by atoms with Crippen molar-refractivity contribution in [1.29, 1.82) is 0 Å². The summed E-state index contributed by atoms with van der Waals surface area (Å²) in [6.45, 7) is 4.29. The quantitative estimate of drug-likeness (QED) is 0.837. The van der Waals surface area contributed by atoms with E-state index in [1.165, 1.54) is 5.56 Å². The standard InChI is InChI=1S/C17H20ClNO2/c1-3-19-11-13-8-9-16(20-2)14(10-13)12-21-17-7-5-4-6-15(17)18/h4-10,19H,3,11-12H2,1-2H3. The average molecular weight is 306 g/mol. The first-order valence-electron chi connectivity index (χ1n) is 6.98. The van der Waals surface area contributed by atoms with Crippen LogP contribution in [-0.4, -0.2) is 13.7 Å². The molecule has 0 aliphatic carbocycles. The normalized spacial score (nSPS) is 10.4. The number of methoxy groups -OCH3 is 1. The number of nitrogens with one attached hydrogen (secondary N) is 1. The molecule has 0 fully saturated rings. The molecular formula is C17H20ClNO2. The van der Waals surface area contributed by atoms with Crippen molar-refractivity contribution in [2.45, 2.75) is 20.1 Å². The Kier molecular flexibility index (Phi) is 5.90. The largest absolute Gasteiger partial charge is 0.496 e. The molecule has 0 saturated heterocycles. The molecule has 2 aromatic carbocycles. The fraction of sp³-hybridized carbons (Fsp3) is 0.294. The molecule has 0 amide bonds. The first kappa shape index (κ1) is 15.7. The molecule has 4 heteroatoms. The topological polar surface area (TPSA) is 30.5 Å². The molecule has 3 nitrogen and oxygen atoms in total. The molecule has 0 atom stereocenters. The van der Waals surface area contributed by atoms with Gasteiger partial charge in [0, 0.05) is 12.1 Å². The van der Waals surface area contributed by atoms with E-state index in [-0.39, 0.29) is 0 Å². The highest BCUT2D eigenvalue weighted by Crippen LogP contribution is 2.26. The molecule has 2 rings (SSSR count). The van der Waals surface area contributed by atoms with Crippen molar-refractivity contribution < 1.29 is 9.47 Å². The van der Waals surface area contributed by atoms with Crippen molar-refractivity contribution >= 4 is 11.6 Å². The number of benzene rings is 2. The molecule has 0 saturated carbocycles. The summed E-state index contributed by atoms with van der Waals surface area (Å²) in [7, 11) is 1.66. The van der Waals surface area contributed by atoms with Crippen LogP contribution in [0.15, 0.2) is 42.5 Å². The van der Waals surface area contributed by atoms with E-state index in [9.17, 15) is 0 Å². The number of hydrogen-bond donors (Lipinski definition) is 1. The third-order valence-electron chi connectivity index (χ3n) is 3.14. The Hall–Kier alpha value is -1.71. The summed E-state index contributed by atoms with van der Waals surface area (Å²) in [6.07, 6.45) is 0. The zero-order valence-electron chi connectivity index (χ0n) is 12.4. The van der Waals surface area contributed by atoms with Crippen LogP contribution in [0.3, 0.4) is 0 Å². The van der Waals surface area contributed by atoms with Gasteiger partial charge in [0.05, 0.1) is 12.1 Å². The second kappa shape index (κ2) is 7.91. The smallest absolute Gasteiger partial charge is 0.138 e. The lowest BCUT2D eigenvalue weighted by molar-refractivity contribution is 0.296. The summed E-state index contributed by atoms with van der Waals surface area (Å²) in [5.74, 6) is 1.50. The van der Waals surface area contributed by atoms with Gasteiger partial charge in [-0.1, -0.05) is 36.7 Å². The van der Waals surface area contributed by atoms with Crippen LogP contribution in [0.2, 0.25) is 5.02 Å². The van der Waals surface area contributed by atoms with E-state index in [4.69, 9.17) is 21.1 Å². The Morgan fingerprint density at radius 2 is 1.90 bits per heavy atom. The molecule has 0 radical (unpaired) electrons. The average Bonchev–Trinajstić information content (AvgIpc) is 2.52. The molecule has 0 heterocycles. The Balaban J connectivity index is 2.12. The van der Waals surface area contributed by atoms with Gasteiger partial charge in [-0.15, -0.1) is 0 Å². The van der Waals surface area contributed by atoms with Crippen LogP contribution < -0.4 is 14.8 Å². The summed E-state index contributed by atoms with van der Waals surface area (Å²) < 4.78 is 11.2. The molecular weight excluding hydrogens is 286 g/mol. The van der Waals surface area contributed by atoms with Gasteiger partial charge >= 0.3 is 0 Å². The summed E-state index contributed by atoms with van der Waals surface area (Å²) in [6, 6.07) is 13.6. The predicted molar refractivity (Wildman–Crippen MR) is 86.2 cm³/mol. The summed E-state index contributed by atoms with van der Waals surface area (Å²) in [4.78, 5) is 0. The lowest BCUT2D eigenvalue weighted by atomic mass is 10.1. The number of rotatable bonds is 7. The van der Waals surface area contributed by atoms with Crippen LogP contribution in [0.5, 0.6) is 11.5 Å². The highest BCUT2D eigenvalue weighted by molar-refractivity contribution is 6.32. The summed E-state index contributed by atoms with van der Waals surface area (Å²) >= 11 is 6.10. The van der Waals surface area contributed by atoms with Gasteiger partial charge in [-0.2, -0.15) is 0 Å². The highest BCUT2D eigenvalue weighted by atomic mass is 35.5. The number of halogens is 1. The van der Waals surface area contributed by atoms with E-state index in [1.54, 1.807) is 7.11 Å². The van der Waals surface area contributed by atoms with Gasteiger partial charge in [-0.25, -0.2) is 0 Å². The van der Waals surface area contributed by atoms with Crippen LogP contribution in [0.4, 0.5) is 0 Å². The molecule has 0 unspecified atom stereocenters.